The molecule has 0 aliphatic carbocycles. The summed E-state index contributed by atoms with van der Waals surface area (Å²) in [5, 5.41) is 49.7. The molecule has 2 aliphatic heterocycles. The minimum Gasteiger partial charge on any atom is -0.387 e. The van der Waals surface area contributed by atoms with Gasteiger partial charge < -0.3 is 44.8 Å². The first-order valence-electron chi connectivity index (χ1n) is 10.3. The molecule has 0 spiro atoms. The highest BCUT2D eigenvalue weighted by molar-refractivity contribution is 7.61. The summed E-state index contributed by atoms with van der Waals surface area (Å²) >= 11 is 0. The molecular formula is C16H24N2O17P2. The molecule has 21 heteroatoms. The van der Waals surface area contributed by atoms with E-state index < -0.39 is 94.5 Å². The lowest BCUT2D eigenvalue weighted by Gasteiger charge is -2.39. The molecular weight excluding hydrogens is 554 g/mol. The van der Waals surface area contributed by atoms with Crippen LogP contribution in [0.4, 0.5) is 0 Å². The number of phosphoric acid groups is 2. The fraction of sp³-hybridized carbons (Fsp3) is 0.688. The van der Waals surface area contributed by atoms with Crippen LogP contribution in [0.2, 0.25) is 0 Å². The number of nitrogens with one attached hydrogen (secondary N) is 1. The van der Waals surface area contributed by atoms with Crippen molar-refractivity contribution in [2.24, 2.45) is 0 Å². The van der Waals surface area contributed by atoms with Gasteiger partial charge in [0.05, 0.1) is 6.61 Å². The van der Waals surface area contributed by atoms with Gasteiger partial charge in [-0.15, -0.1) is 0 Å². The largest absolute Gasteiger partial charge is 0.483 e. The molecule has 0 bridgehead atoms. The van der Waals surface area contributed by atoms with Gasteiger partial charge in [-0.05, 0) is 6.92 Å². The van der Waals surface area contributed by atoms with Gasteiger partial charge in [-0.2, -0.15) is 4.31 Å². The summed E-state index contributed by atoms with van der Waals surface area (Å²) in [6.07, 6.45) is -16.0. The number of aromatic nitrogens is 2. The Bertz CT molecular complexity index is 1200. The number of aromatic amines is 1. The van der Waals surface area contributed by atoms with Crippen molar-refractivity contribution in [3.05, 3.63) is 33.1 Å². The lowest BCUT2D eigenvalue weighted by Crippen LogP contribution is -2.59. The Morgan fingerprint density at radius 2 is 1.65 bits per heavy atom. The van der Waals surface area contributed by atoms with Crippen molar-refractivity contribution in [1.29, 1.82) is 0 Å². The van der Waals surface area contributed by atoms with Crippen LogP contribution in [0.25, 0.3) is 0 Å². The molecule has 19 nitrogen and oxygen atoms in total. The van der Waals surface area contributed by atoms with Gasteiger partial charge in [-0.25, -0.2) is 13.9 Å². The van der Waals surface area contributed by atoms with Crippen LogP contribution >= 0.6 is 15.6 Å². The summed E-state index contributed by atoms with van der Waals surface area (Å²) in [5.41, 5.74) is -1.76. The maximum Gasteiger partial charge on any atom is 0.483 e. The minimum atomic E-state index is -5.64. The topological polar surface area (TPSA) is 294 Å². The first kappa shape index (κ1) is 29.9. The van der Waals surface area contributed by atoms with E-state index in [1.807, 2.05) is 4.98 Å². The summed E-state index contributed by atoms with van der Waals surface area (Å²) in [6, 6.07) is 0.924. The quantitative estimate of drug-likeness (QED) is 0.129. The molecule has 11 atom stereocenters. The van der Waals surface area contributed by atoms with E-state index in [9.17, 15) is 58.8 Å². The van der Waals surface area contributed by atoms with E-state index in [1.165, 1.54) is 0 Å². The van der Waals surface area contributed by atoms with Gasteiger partial charge >= 0.3 is 21.3 Å². The molecule has 2 aliphatic rings. The molecule has 3 heterocycles. The van der Waals surface area contributed by atoms with Gasteiger partial charge in [-0.3, -0.25) is 28.2 Å². The van der Waals surface area contributed by atoms with Crippen molar-refractivity contribution in [2.75, 3.05) is 6.61 Å². The Labute approximate surface area is 205 Å². The van der Waals surface area contributed by atoms with Crippen LogP contribution in [0.1, 0.15) is 13.2 Å². The van der Waals surface area contributed by atoms with Gasteiger partial charge in [0.1, 0.15) is 42.7 Å². The molecule has 0 amide bonds. The maximum atomic E-state index is 12.2. The second-order valence-electron chi connectivity index (χ2n) is 7.99. The van der Waals surface area contributed by atoms with Crippen LogP contribution < -0.4 is 11.2 Å². The highest BCUT2D eigenvalue weighted by Gasteiger charge is 2.50. The molecule has 2 unspecified atom stereocenters. The van der Waals surface area contributed by atoms with Gasteiger partial charge in [0.2, 0.25) is 0 Å². The number of ether oxygens (including phenoxy) is 2. The van der Waals surface area contributed by atoms with Crippen molar-refractivity contribution >= 4 is 21.4 Å². The smallest absolute Gasteiger partial charge is 0.387 e. The van der Waals surface area contributed by atoms with Crippen LogP contribution in [0, 0.1) is 0 Å². The number of nitrogens with zero attached hydrogens (tertiary/aromatic N) is 1. The lowest BCUT2D eigenvalue weighted by molar-refractivity contribution is -0.269. The summed E-state index contributed by atoms with van der Waals surface area (Å²) in [4.78, 5) is 56.1. The van der Waals surface area contributed by atoms with Crippen LogP contribution in [0.5, 0.6) is 0 Å². The van der Waals surface area contributed by atoms with Crippen LogP contribution in [-0.2, 0) is 36.8 Å². The molecule has 1 aromatic rings. The number of Topliss-reactive ketones (excluding diaryl/α,β-unsaturated/α-hetero) is 1. The molecule has 0 aromatic carbocycles. The Kier molecular flexibility index (Phi) is 9.05. The van der Waals surface area contributed by atoms with E-state index in [1.54, 1.807) is 0 Å². The Morgan fingerprint density at radius 3 is 2.24 bits per heavy atom. The third-order valence-corrected chi connectivity index (χ3v) is 7.88. The van der Waals surface area contributed by atoms with Crippen molar-refractivity contribution in [2.45, 2.75) is 62.2 Å². The highest BCUT2D eigenvalue weighted by atomic mass is 31.3. The van der Waals surface area contributed by atoms with Gasteiger partial charge in [0.25, 0.3) is 5.56 Å². The van der Waals surface area contributed by atoms with E-state index in [-0.39, 0.29) is 0 Å². The van der Waals surface area contributed by atoms with Crippen molar-refractivity contribution < 1.29 is 72.1 Å². The Morgan fingerprint density at radius 1 is 1.00 bits per heavy atom. The molecule has 8 N–H and O–H groups in total. The summed E-state index contributed by atoms with van der Waals surface area (Å²) < 4.78 is 48.2. The molecule has 2 fully saturated rings. The molecule has 0 saturated carbocycles. The Hall–Kier alpha value is -1.67. The number of ketones is 1. The normalized spacial score (nSPS) is 37.6. The van der Waals surface area contributed by atoms with E-state index in [0.717, 1.165) is 23.8 Å². The van der Waals surface area contributed by atoms with E-state index in [4.69, 9.17) is 9.47 Å². The first-order chi connectivity index (χ1) is 17.0. The summed E-state index contributed by atoms with van der Waals surface area (Å²) in [5.74, 6) is -0.850. The predicted molar refractivity (Wildman–Crippen MR) is 112 cm³/mol. The van der Waals surface area contributed by atoms with Gasteiger partial charge in [0, 0.05) is 12.3 Å². The fourth-order valence-corrected chi connectivity index (χ4v) is 5.63. The molecule has 1 aromatic heterocycles. The average Bonchev–Trinajstić information content (AvgIpc) is 3.05. The van der Waals surface area contributed by atoms with E-state index in [0.29, 0.717) is 0 Å². The highest BCUT2D eigenvalue weighted by Crippen LogP contribution is 2.61. The maximum absolute atomic E-state index is 12.2. The molecule has 0 radical (unpaired) electrons. The third-order valence-electron chi connectivity index (χ3n) is 5.28. The standard InChI is InChI=1S/C16H24N2O17P2/c1-5(19)13-10(23)9(22)12(25)15(33-13)34-37(29,30)35-36(27,28)31-4-6-8(21)11(24)14(32-6)18-3-2-7(20)17-16(18)26/h2-3,6,8-15,21-25H,4H2,1H3,(H,27,28)(H,29,30)(H,17,20,26)/t6-,8-,9+,10+,11-,12-,13-,14-,15-/m1/s1. The lowest BCUT2D eigenvalue weighted by atomic mass is 9.97. The van der Waals surface area contributed by atoms with E-state index in [2.05, 4.69) is 13.4 Å². The van der Waals surface area contributed by atoms with Gasteiger partial charge in [0.15, 0.2) is 18.3 Å². The zero-order chi connectivity index (χ0) is 27.9. The average molecular weight is 578 g/mol. The SMILES string of the molecule is CC(=O)[C@H]1O[C@H](OP(=O)(O)OP(=O)(O)OC[C@H]2O[C@@H](n3ccc(=O)[nH]c3=O)[C@H](O)[C@@H]2O)[C@H](O)[C@@H](O)[C@@H]1O. The molecule has 2 saturated heterocycles. The summed E-state index contributed by atoms with van der Waals surface area (Å²) in [7, 11) is -11.2. The van der Waals surface area contributed by atoms with Crippen molar-refractivity contribution in [3.63, 3.8) is 0 Å². The van der Waals surface area contributed by atoms with Crippen LogP contribution in [-0.4, -0.2) is 106 Å². The number of hydrogen-bond acceptors (Lipinski definition) is 15. The molecule has 3 rings (SSSR count). The number of hydrogen-bond donors (Lipinski definition) is 8. The zero-order valence-electron chi connectivity index (χ0n) is 18.6. The number of rotatable bonds is 9. The number of carbonyl (C=O) groups excluding carboxylic acids is 1. The first-order valence-corrected chi connectivity index (χ1v) is 13.2. The van der Waals surface area contributed by atoms with Crippen LogP contribution in [0.3, 0.4) is 0 Å². The number of aliphatic hydroxyl groups is 5. The van der Waals surface area contributed by atoms with Gasteiger partial charge in [-0.1, -0.05) is 0 Å². The number of carbonyl (C=O) groups is 1. The minimum absolute atomic E-state index is 0.717. The molecule has 37 heavy (non-hydrogen) atoms. The molecule has 210 valence electrons. The fourth-order valence-electron chi connectivity index (χ4n) is 3.47. The van der Waals surface area contributed by atoms with Crippen molar-refractivity contribution in [3.8, 4) is 0 Å². The Balaban J connectivity index is 1.63. The number of aliphatic hydroxyl groups excluding tert-OH is 5. The monoisotopic (exact) mass is 578 g/mol. The second-order valence-corrected chi connectivity index (χ2v) is 11.0. The van der Waals surface area contributed by atoms with Crippen LogP contribution in [0.15, 0.2) is 21.9 Å². The van der Waals surface area contributed by atoms with E-state index >= 15 is 0 Å². The number of phosphoric ester groups is 2. The predicted octanol–water partition coefficient (Wildman–Crippen LogP) is -4.20. The number of H-pyrrole nitrogens is 1. The zero-order valence-corrected chi connectivity index (χ0v) is 20.4. The van der Waals surface area contributed by atoms with Crippen molar-refractivity contribution in [1.82, 2.24) is 9.55 Å². The summed E-state index contributed by atoms with van der Waals surface area (Å²) in [6.45, 7) is -0.102. The second kappa shape index (κ2) is 11.2. The third kappa shape index (κ3) is 6.86.